The van der Waals surface area contributed by atoms with Gasteiger partial charge in [0.25, 0.3) is 0 Å². The Labute approximate surface area is 455 Å². The molecule has 10 atom stereocenters. The van der Waals surface area contributed by atoms with Gasteiger partial charge in [-0.25, -0.2) is 0 Å². The summed E-state index contributed by atoms with van der Waals surface area (Å²) in [6.07, 6.45) is -8.67. The molecule has 0 radical (unpaired) electrons. The van der Waals surface area contributed by atoms with Crippen LogP contribution in [0.2, 0.25) is 0 Å². The van der Waals surface area contributed by atoms with Crippen molar-refractivity contribution in [1.82, 2.24) is 0 Å². The molecule has 2 aliphatic rings. The van der Waals surface area contributed by atoms with Crippen molar-refractivity contribution in [2.45, 2.75) is 61.0 Å². The third-order valence-corrected chi connectivity index (χ3v) is 11.4. The van der Waals surface area contributed by atoms with E-state index >= 15 is 4.79 Å². The van der Waals surface area contributed by atoms with E-state index in [1.54, 1.807) is 30.3 Å². The number of rotatable bonds is 43. The summed E-state index contributed by atoms with van der Waals surface area (Å²) in [7, 11) is 17.4. The van der Waals surface area contributed by atoms with E-state index in [-0.39, 0.29) is 108 Å². The summed E-state index contributed by atoms with van der Waals surface area (Å²) in [4.78, 5) is 15.7. The van der Waals surface area contributed by atoms with E-state index in [2.05, 4.69) is 0 Å². The van der Waals surface area contributed by atoms with Gasteiger partial charge in [-0.05, 0) is 23.8 Å². The van der Waals surface area contributed by atoms with Crippen LogP contribution in [0, 0.1) is 0 Å². The minimum absolute atomic E-state index is 0.0164. The molecule has 2 aromatic rings. The van der Waals surface area contributed by atoms with E-state index in [0.717, 1.165) is 0 Å². The Bertz CT molecular complexity index is 1850. The average Bonchev–Trinajstić information content (AvgIpc) is 3.52. The smallest absolute Gasteiger partial charge is 0.193 e. The average molecular weight is 1130 g/mol. The Morgan fingerprint density at radius 2 is 0.731 bits per heavy atom. The van der Waals surface area contributed by atoms with Gasteiger partial charge in [0.15, 0.2) is 33.0 Å². The lowest BCUT2D eigenvalue weighted by molar-refractivity contribution is -0.301. The first kappa shape index (κ1) is 66.7. The molecule has 0 N–H and O–H groups in total. The number of carbonyl (C=O) groups is 1. The molecule has 27 nitrogen and oxygen atoms in total. The second-order valence-corrected chi connectivity index (χ2v) is 16.6. The number of benzene rings is 2. The molecular weight excluding hydrogens is 1040 g/mol. The lowest BCUT2D eigenvalue weighted by Crippen LogP contribution is -2.59. The van der Waals surface area contributed by atoms with E-state index in [1.807, 2.05) is 0 Å². The zero-order valence-corrected chi connectivity index (χ0v) is 46.7. The monoisotopic (exact) mass is 1120 g/mol. The highest BCUT2D eigenvalue weighted by Crippen LogP contribution is 2.56. The van der Waals surface area contributed by atoms with Gasteiger partial charge in [-0.3, -0.25) is 4.79 Å². The fourth-order valence-electron chi connectivity index (χ4n) is 8.41. The summed E-state index contributed by atoms with van der Waals surface area (Å²) in [6.45, 7) is -3.48. The van der Waals surface area contributed by atoms with E-state index in [0.29, 0.717) is 11.3 Å². The standard InChI is InChI=1S/C51H80O27/c1-53-21-65-19-36-41(68-24-56-4)48(73-29-61-9)50(75-31-63-11)46(77-36)39-43(70-26-58-6)38(35(52)18-15-33-13-16-34(17-14-33)67-23-55-3)44(71-27-59-7)40(45(39)72-28-60-8)47-51(76-32-64-12)49(74-30-62-10)42(69-25-57-5)37(78-47)20-66-22-54-2/h13-18,36-37,41-42,46-51H,19-32H2,1-12H3/b18-15+/t36-,37-,41-,42-,46+,47+,48+,49+,50+,51+/m1/s1. The van der Waals surface area contributed by atoms with Crippen molar-refractivity contribution in [2.75, 3.05) is 180 Å². The van der Waals surface area contributed by atoms with Gasteiger partial charge in [-0.1, -0.05) is 18.2 Å². The molecule has 0 aliphatic carbocycles. The topological polar surface area (TPSA) is 257 Å². The number of carbonyl (C=O) groups excluding carboxylic acids is 1. The van der Waals surface area contributed by atoms with E-state index in [9.17, 15) is 0 Å². The van der Waals surface area contributed by atoms with Crippen molar-refractivity contribution in [1.29, 1.82) is 0 Å². The molecule has 4 rings (SSSR count). The SMILES string of the molecule is COCOC[C@H]1O[C@@H](c2c(OCOC)c(C(=O)/C=C/c3ccc(OCOC)cc3)c(OCOC)c([C@@H]3O[C@H](COCOC)[C@@H](OCOC)[C@H](OCOC)[C@H]3OCOC)c2OCOC)[C@H](OCOC)[C@@H](OCOC)[C@@H]1OCOC. The summed E-state index contributed by atoms with van der Waals surface area (Å²) >= 11 is 0. The van der Waals surface area contributed by atoms with Crippen molar-refractivity contribution >= 4 is 11.9 Å². The maximum Gasteiger partial charge on any atom is 0.193 e. The third kappa shape index (κ3) is 19.4. The molecule has 0 saturated carbocycles. The maximum atomic E-state index is 15.7. The predicted octanol–water partition coefficient (Wildman–Crippen LogP) is 3.57. The Morgan fingerprint density at radius 1 is 0.397 bits per heavy atom. The van der Waals surface area contributed by atoms with Crippen molar-refractivity contribution < 1.29 is 128 Å². The molecule has 0 spiro atoms. The fourth-order valence-corrected chi connectivity index (χ4v) is 8.41. The minimum atomic E-state index is -1.41. The summed E-state index contributed by atoms with van der Waals surface area (Å²) < 4.78 is 156. The molecule has 0 bridgehead atoms. The van der Waals surface area contributed by atoms with Gasteiger partial charge in [0.05, 0.1) is 24.3 Å². The molecule has 2 aromatic carbocycles. The normalized spacial score (nSPS) is 23.5. The zero-order valence-electron chi connectivity index (χ0n) is 46.7. The molecule has 2 heterocycles. The maximum absolute atomic E-state index is 15.7. The van der Waals surface area contributed by atoms with Crippen LogP contribution in [0.5, 0.6) is 23.0 Å². The number of methoxy groups -OCH3 is 12. The largest absolute Gasteiger partial charge is 0.468 e. The third-order valence-electron chi connectivity index (χ3n) is 11.4. The highest BCUT2D eigenvalue weighted by Gasteiger charge is 2.55. The van der Waals surface area contributed by atoms with Crippen LogP contribution in [0.25, 0.3) is 6.08 Å². The van der Waals surface area contributed by atoms with E-state index in [1.165, 1.54) is 91.4 Å². The van der Waals surface area contributed by atoms with Gasteiger partial charge in [0, 0.05) is 85.3 Å². The predicted molar refractivity (Wildman–Crippen MR) is 268 cm³/mol. The molecule has 2 saturated heterocycles. The van der Waals surface area contributed by atoms with Gasteiger partial charge in [-0.2, -0.15) is 0 Å². The van der Waals surface area contributed by atoms with Crippen molar-refractivity contribution in [3.05, 3.63) is 52.6 Å². The van der Waals surface area contributed by atoms with Crippen LogP contribution in [-0.4, -0.2) is 235 Å². The number of ketones is 1. The van der Waals surface area contributed by atoms with Crippen LogP contribution >= 0.6 is 0 Å². The fraction of sp³-hybridized carbons (Fsp3) is 0.706. The summed E-state index contributed by atoms with van der Waals surface area (Å²) in [5.74, 6) is -0.591. The van der Waals surface area contributed by atoms with Crippen LogP contribution in [0.1, 0.15) is 39.3 Å². The molecule has 446 valence electrons. The number of ether oxygens (including phenoxy) is 26. The minimum Gasteiger partial charge on any atom is -0.468 e. The molecule has 2 aliphatic heterocycles. The van der Waals surface area contributed by atoms with Crippen molar-refractivity contribution in [3.63, 3.8) is 0 Å². The second-order valence-electron chi connectivity index (χ2n) is 16.6. The van der Waals surface area contributed by atoms with Gasteiger partial charge < -0.3 is 123 Å². The van der Waals surface area contributed by atoms with Gasteiger partial charge in [0.2, 0.25) is 0 Å². The first-order valence-corrected chi connectivity index (χ1v) is 24.3. The molecule has 2 fully saturated rings. The van der Waals surface area contributed by atoms with Gasteiger partial charge >= 0.3 is 0 Å². The first-order valence-electron chi connectivity index (χ1n) is 24.3. The van der Waals surface area contributed by atoms with Crippen LogP contribution in [-0.2, 0) is 104 Å². The first-order chi connectivity index (χ1) is 38.2. The highest BCUT2D eigenvalue weighted by molar-refractivity contribution is 6.11. The Morgan fingerprint density at radius 3 is 1.10 bits per heavy atom. The molecular formula is C51H80O27. The van der Waals surface area contributed by atoms with Crippen molar-refractivity contribution in [2.24, 2.45) is 0 Å². The lowest BCUT2D eigenvalue weighted by atomic mass is 9.83. The quantitative estimate of drug-likeness (QED) is 0.0398. The van der Waals surface area contributed by atoms with Gasteiger partial charge in [-0.15, -0.1) is 0 Å². The molecule has 0 aromatic heterocycles. The summed E-state index contributed by atoms with van der Waals surface area (Å²) in [5, 5.41) is 0. The Kier molecular flexibility index (Phi) is 33.1. The Hall–Kier alpha value is -3.83. The molecule has 0 amide bonds. The van der Waals surface area contributed by atoms with Crippen LogP contribution < -0.4 is 18.9 Å². The Balaban J connectivity index is 2.32. The van der Waals surface area contributed by atoms with Gasteiger partial charge in [0.1, 0.15) is 144 Å². The molecule has 0 unspecified atom stereocenters. The number of allylic oxidation sites excluding steroid dienone is 1. The van der Waals surface area contributed by atoms with Crippen molar-refractivity contribution in [3.8, 4) is 23.0 Å². The molecule has 27 heteroatoms. The van der Waals surface area contributed by atoms with Crippen LogP contribution in [0.3, 0.4) is 0 Å². The summed E-state index contributed by atoms with van der Waals surface area (Å²) in [6, 6.07) is 6.95. The van der Waals surface area contributed by atoms with E-state index in [4.69, 9.17) is 123 Å². The van der Waals surface area contributed by atoms with E-state index < -0.39 is 87.2 Å². The summed E-state index contributed by atoms with van der Waals surface area (Å²) in [5.41, 5.74) is 0.431. The zero-order chi connectivity index (χ0) is 56.5. The second kappa shape index (κ2) is 38.8. The number of hydrogen-bond donors (Lipinski definition) is 0. The highest BCUT2D eigenvalue weighted by atomic mass is 16.8. The number of hydrogen-bond acceptors (Lipinski definition) is 27. The molecule has 78 heavy (non-hydrogen) atoms. The lowest BCUT2D eigenvalue weighted by Gasteiger charge is -2.48. The van der Waals surface area contributed by atoms with Crippen LogP contribution in [0.4, 0.5) is 0 Å². The van der Waals surface area contributed by atoms with Crippen LogP contribution in [0.15, 0.2) is 30.3 Å².